The van der Waals surface area contributed by atoms with Crippen LogP contribution in [0.3, 0.4) is 0 Å². The molecule has 2 aromatic rings. The Kier molecular flexibility index (Phi) is 5.31. The number of hydrogen-bond acceptors (Lipinski definition) is 3. The molecule has 0 unspecified atom stereocenters. The van der Waals surface area contributed by atoms with Crippen LogP contribution in [0.1, 0.15) is 41.8 Å². The molecule has 1 amide bonds. The van der Waals surface area contributed by atoms with E-state index in [0.717, 1.165) is 24.1 Å². The maximum absolute atomic E-state index is 12.0. The number of amides is 1. The molecule has 114 valence electrons. The Hall–Kier alpha value is -2.62. The highest BCUT2D eigenvalue weighted by Gasteiger charge is 2.04. The molecule has 0 aliphatic heterocycles. The van der Waals surface area contributed by atoms with Gasteiger partial charge in [0.15, 0.2) is 0 Å². The quantitative estimate of drug-likeness (QED) is 0.504. The maximum atomic E-state index is 12.0. The molecule has 0 bridgehead atoms. The fourth-order valence-electron chi connectivity index (χ4n) is 2.10. The highest BCUT2D eigenvalue weighted by atomic mass is 16.2. The van der Waals surface area contributed by atoms with Gasteiger partial charge in [0.1, 0.15) is 0 Å². The van der Waals surface area contributed by atoms with E-state index in [2.05, 4.69) is 29.6 Å². The number of benzene rings is 2. The molecule has 4 heteroatoms. The van der Waals surface area contributed by atoms with Crippen LogP contribution in [-0.2, 0) is 6.42 Å². The number of carbonyl (C=O) groups is 1. The Morgan fingerprint density at radius 3 is 2.23 bits per heavy atom. The normalized spacial score (nSPS) is 11.3. The molecular weight excluding hydrogens is 274 g/mol. The summed E-state index contributed by atoms with van der Waals surface area (Å²) >= 11 is 0. The average Bonchev–Trinajstić information content (AvgIpc) is 2.54. The van der Waals surface area contributed by atoms with E-state index < -0.39 is 0 Å². The summed E-state index contributed by atoms with van der Waals surface area (Å²) in [4.78, 5) is 12.0. The Balaban J connectivity index is 2.02. The molecule has 0 aromatic heterocycles. The number of aryl methyl sites for hydroxylation is 1. The highest BCUT2D eigenvalue weighted by Crippen LogP contribution is 2.08. The topological polar surface area (TPSA) is 67.5 Å². The molecule has 0 heterocycles. The molecule has 0 atom stereocenters. The van der Waals surface area contributed by atoms with Crippen LogP contribution in [0, 0.1) is 0 Å². The SMILES string of the molecule is CCCc1ccc(/C(C)=N\NC(=O)c2ccc(N)cc2)cc1. The van der Waals surface area contributed by atoms with Crippen molar-refractivity contribution in [1.82, 2.24) is 5.43 Å². The molecule has 3 N–H and O–H groups in total. The van der Waals surface area contributed by atoms with E-state index in [1.54, 1.807) is 24.3 Å². The standard InChI is InChI=1S/C18H21N3O/c1-3-4-14-5-7-15(8-6-14)13(2)20-21-18(22)16-9-11-17(19)12-10-16/h5-12H,3-4,19H2,1-2H3,(H,21,22)/b20-13-. The van der Waals surface area contributed by atoms with E-state index in [0.29, 0.717) is 11.3 Å². The highest BCUT2D eigenvalue weighted by molar-refractivity contribution is 6.00. The van der Waals surface area contributed by atoms with Crippen LogP contribution in [-0.4, -0.2) is 11.6 Å². The Bertz CT molecular complexity index is 658. The van der Waals surface area contributed by atoms with Crippen molar-refractivity contribution in [3.8, 4) is 0 Å². The predicted molar refractivity (Wildman–Crippen MR) is 91.0 cm³/mol. The number of nitrogens with two attached hydrogens (primary N) is 1. The molecule has 0 saturated heterocycles. The van der Waals surface area contributed by atoms with Gasteiger partial charge in [-0.15, -0.1) is 0 Å². The number of hydrazone groups is 1. The molecule has 4 nitrogen and oxygen atoms in total. The summed E-state index contributed by atoms with van der Waals surface area (Å²) < 4.78 is 0. The summed E-state index contributed by atoms with van der Waals surface area (Å²) in [6.07, 6.45) is 2.20. The van der Waals surface area contributed by atoms with Gasteiger partial charge in [0.2, 0.25) is 0 Å². The summed E-state index contributed by atoms with van der Waals surface area (Å²) in [7, 11) is 0. The van der Waals surface area contributed by atoms with Gasteiger partial charge in [0.25, 0.3) is 5.91 Å². The van der Waals surface area contributed by atoms with Gasteiger partial charge in [-0.05, 0) is 48.7 Å². The number of hydrogen-bond donors (Lipinski definition) is 2. The third-order valence-corrected chi connectivity index (χ3v) is 3.41. The first-order valence-electron chi connectivity index (χ1n) is 7.39. The largest absolute Gasteiger partial charge is 0.399 e. The molecule has 0 saturated carbocycles. The van der Waals surface area contributed by atoms with Crippen LogP contribution < -0.4 is 11.2 Å². The van der Waals surface area contributed by atoms with Gasteiger partial charge in [0.05, 0.1) is 5.71 Å². The Labute approximate surface area is 131 Å². The van der Waals surface area contributed by atoms with Crippen LogP contribution in [0.15, 0.2) is 53.6 Å². The van der Waals surface area contributed by atoms with Crippen molar-refractivity contribution >= 4 is 17.3 Å². The van der Waals surface area contributed by atoms with Gasteiger partial charge in [-0.25, -0.2) is 5.43 Å². The second-order valence-electron chi connectivity index (χ2n) is 5.21. The second kappa shape index (κ2) is 7.41. The van der Waals surface area contributed by atoms with Crippen LogP contribution in [0.4, 0.5) is 5.69 Å². The van der Waals surface area contributed by atoms with Gasteiger partial charge in [-0.3, -0.25) is 4.79 Å². The van der Waals surface area contributed by atoms with E-state index in [-0.39, 0.29) is 5.91 Å². The summed E-state index contributed by atoms with van der Waals surface area (Å²) in [6, 6.07) is 15.0. The van der Waals surface area contributed by atoms with Gasteiger partial charge in [-0.2, -0.15) is 5.10 Å². The van der Waals surface area contributed by atoms with E-state index in [9.17, 15) is 4.79 Å². The summed E-state index contributed by atoms with van der Waals surface area (Å²) in [5, 5.41) is 4.15. The molecule has 22 heavy (non-hydrogen) atoms. The monoisotopic (exact) mass is 295 g/mol. The zero-order chi connectivity index (χ0) is 15.9. The van der Waals surface area contributed by atoms with Crippen molar-refractivity contribution in [2.75, 3.05) is 5.73 Å². The molecular formula is C18H21N3O. The minimum atomic E-state index is -0.248. The number of rotatable bonds is 5. The van der Waals surface area contributed by atoms with Gasteiger partial charge in [-0.1, -0.05) is 37.6 Å². The molecule has 0 aliphatic carbocycles. The number of anilines is 1. The van der Waals surface area contributed by atoms with Crippen molar-refractivity contribution in [1.29, 1.82) is 0 Å². The van der Waals surface area contributed by atoms with Gasteiger partial charge >= 0.3 is 0 Å². The smallest absolute Gasteiger partial charge is 0.271 e. The van der Waals surface area contributed by atoms with Crippen molar-refractivity contribution < 1.29 is 4.79 Å². The maximum Gasteiger partial charge on any atom is 0.271 e. The molecule has 0 radical (unpaired) electrons. The minimum Gasteiger partial charge on any atom is -0.399 e. The molecule has 0 fully saturated rings. The predicted octanol–water partition coefficient (Wildman–Crippen LogP) is 3.38. The summed E-state index contributed by atoms with van der Waals surface area (Å²) in [5.41, 5.74) is 12.4. The molecule has 0 spiro atoms. The van der Waals surface area contributed by atoms with Crippen molar-refractivity contribution in [2.24, 2.45) is 5.10 Å². The van der Waals surface area contributed by atoms with Crippen LogP contribution in [0.25, 0.3) is 0 Å². The fraction of sp³-hybridized carbons (Fsp3) is 0.222. The molecule has 0 aliphatic rings. The van der Waals surface area contributed by atoms with Crippen LogP contribution >= 0.6 is 0 Å². The van der Waals surface area contributed by atoms with Crippen molar-refractivity contribution in [2.45, 2.75) is 26.7 Å². The van der Waals surface area contributed by atoms with Gasteiger partial charge < -0.3 is 5.73 Å². The zero-order valence-corrected chi connectivity index (χ0v) is 13.0. The van der Waals surface area contributed by atoms with Crippen molar-refractivity contribution in [3.05, 3.63) is 65.2 Å². The van der Waals surface area contributed by atoms with Crippen LogP contribution in [0.2, 0.25) is 0 Å². The third-order valence-electron chi connectivity index (χ3n) is 3.41. The van der Waals surface area contributed by atoms with Crippen LogP contribution in [0.5, 0.6) is 0 Å². The Morgan fingerprint density at radius 2 is 1.64 bits per heavy atom. The molecule has 2 rings (SSSR count). The third kappa shape index (κ3) is 4.19. The lowest BCUT2D eigenvalue weighted by molar-refractivity contribution is 0.0955. The van der Waals surface area contributed by atoms with Gasteiger partial charge in [0, 0.05) is 11.3 Å². The summed E-state index contributed by atoms with van der Waals surface area (Å²) in [6.45, 7) is 4.03. The van der Waals surface area contributed by atoms with E-state index >= 15 is 0 Å². The number of nitrogens with one attached hydrogen (secondary N) is 1. The number of nitrogen functional groups attached to an aromatic ring is 1. The first-order chi connectivity index (χ1) is 10.6. The van der Waals surface area contributed by atoms with E-state index in [1.807, 2.05) is 19.1 Å². The first kappa shape index (κ1) is 15.8. The lowest BCUT2D eigenvalue weighted by Crippen LogP contribution is -2.19. The fourth-order valence-corrected chi connectivity index (χ4v) is 2.10. The Morgan fingerprint density at radius 1 is 1.05 bits per heavy atom. The summed E-state index contributed by atoms with van der Waals surface area (Å²) in [5.74, 6) is -0.248. The number of carbonyl (C=O) groups excluding carboxylic acids is 1. The second-order valence-corrected chi connectivity index (χ2v) is 5.21. The van der Waals surface area contributed by atoms with E-state index in [4.69, 9.17) is 5.73 Å². The first-order valence-corrected chi connectivity index (χ1v) is 7.39. The number of nitrogens with zero attached hydrogens (tertiary/aromatic N) is 1. The molecule has 2 aromatic carbocycles. The lowest BCUT2D eigenvalue weighted by atomic mass is 10.1. The lowest BCUT2D eigenvalue weighted by Gasteiger charge is -2.05. The minimum absolute atomic E-state index is 0.248. The van der Waals surface area contributed by atoms with Crippen molar-refractivity contribution in [3.63, 3.8) is 0 Å². The van der Waals surface area contributed by atoms with E-state index in [1.165, 1.54) is 5.56 Å². The zero-order valence-electron chi connectivity index (χ0n) is 13.0. The average molecular weight is 295 g/mol.